The van der Waals surface area contributed by atoms with Gasteiger partial charge in [0.15, 0.2) is 0 Å². The van der Waals surface area contributed by atoms with Crippen molar-refractivity contribution in [1.82, 2.24) is 4.90 Å². The van der Waals surface area contributed by atoms with Crippen molar-refractivity contribution in [2.75, 3.05) is 38.6 Å². The molecule has 1 heterocycles. The van der Waals surface area contributed by atoms with Crippen molar-refractivity contribution in [1.29, 1.82) is 0 Å². The Labute approximate surface area is 192 Å². The molecule has 2 aliphatic rings. The van der Waals surface area contributed by atoms with Crippen molar-refractivity contribution in [2.24, 2.45) is 4.99 Å². The number of ether oxygens (including phenoxy) is 2. The number of aliphatic hydroxyl groups is 1. The lowest BCUT2D eigenvalue weighted by Crippen LogP contribution is -2.43. The van der Waals surface area contributed by atoms with Crippen LogP contribution in [0.2, 0.25) is 0 Å². The first-order valence-electron chi connectivity index (χ1n) is 10.7. The van der Waals surface area contributed by atoms with E-state index >= 15 is 0 Å². The first kappa shape index (κ1) is 26.8. The SMILES string of the molecule is C#C.C=CCN=C(OC1=CCC=C(OCCN2CCCCC2CO)C=C1)SC/C=C\C. The highest BCUT2D eigenvalue weighted by molar-refractivity contribution is 8.13. The summed E-state index contributed by atoms with van der Waals surface area (Å²) in [5.41, 5.74) is 0. The Bertz CT molecular complexity index is 692. The van der Waals surface area contributed by atoms with E-state index in [1.54, 1.807) is 17.8 Å². The number of nitrogens with zero attached hydrogens (tertiary/aromatic N) is 2. The van der Waals surface area contributed by atoms with Gasteiger partial charge in [0.05, 0.1) is 13.2 Å². The van der Waals surface area contributed by atoms with Gasteiger partial charge in [-0.15, -0.1) is 19.4 Å². The van der Waals surface area contributed by atoms with Crippen LogP contribution in [0.15, 0.2) is 65.6 Å². The van der Waals surface area contributed by atoms with Gasteiger partial charge in [-0.05, 0) is 57.0 Å². The molecule has 0 aromatic heterocycles. The van der Waals surface area contributed by atoms with Gasteiger partial charge in [-0.2, -0.15) is 0 Å². The Kier molecular flexibility index (Phi) is 15.1. The summed E-state index contributed by atoms with van der Waals surface area (Å²) in [6, 6.07) is 0.279. The summed E-state index contributed by atoms with van der Waals surface area (Å²) in [7, 11) is 0. The van der Waals surface area contributed by atoms with E-state index < -0.39 is 0 Å². The predicted octanol–water partition coefficient (Wildman–Crippen LogP) is 4.69. The lowest BCUT2D eigenvalue weighted by Gasteiger charge is -2.34. The Balaban J connectivity index is 0.00000233. The van der Waals surface area contributed by atoms with Gasteiger partial charge < -0.3 is 14.6 Å². The number of allylic oxidation sites excluding steroid dienone is 5. The van der Waals surface area contributed by atoms with Gasteiger partial charge >= 0.3 is 0 Å². The lowest BCUT2D eigenvalue weighted by molar-refractivity contribution is 0.0674. The summed E-state index contributed by atoms with van der Waals surface area (Å²) >= 11 is 1.56. The molecule has 0 saturated carbocycles. The van der Waals surface area contributed by atoms with Crippen LogP contribution >= 0.6 is 11.8 Å². The fourth-order valence-corrected chi connectivity index (χ4v) is 3.93. The summed E-state index contributed by atoms with van der Waals surface area (Å²) in [4.78, 5) is 6.77. The second-order valence-corrected chi connectivity index (χ2v) is 7.85. The van der Waals surface area contributed by atoms with E-state index in [1.807, 2.05) is 31.2 Å². The molecule has 0 amide bonds. The molecule has 1 fully saturated rings. The van der Waals surface area contributed by atoms with E-state index in [-0.39, 0.29) is 12.6 Å². The molecule has 1 aliphatic heterocycles. The third-order valence-electron chi connectivity index (χ3n) is 4.75. The fraction of sp³-hybridized carbons (Fsp3) is 0.480. The number of aliphatic imine (C=N–C) groups is 1. The standard InChI is InChI=1S/C23H34N2O3S.C2H2/c1-3-5-18-29-23(24-14-4-2)28-22-11-8-10-21(12-13-22)27-17-16-25-15-7-6-9-20(25)19-26;1-2/h3-5,10-13,20,26H,2,6-9,14-19H2,1H3;1-2H/b5-3-,24-23?;. The second kappa shape index (κ2) is 17.5. The van der Waals surface area contributed by atoms with Gasteiger partial charge in [-0.1, -0.05) is 36.4 Å². The van der Waals surface area contributed by atoms with Gasteiger partial charge in [-0.3, -0.25) is 4.90 Å². The molecule has 0 spiro atoms. The number of rotatable bonds is 10. The number of terminal acetylenes is 1. The molecule has 0 radical (unpaired) electrons. The fourth-order valence-electron chi connectivity index (χ4n) is 3.18. The first-order valence-corrected chi connectivity index (χ1v) is 11.7. The van der Waals surface area contributed by atoms with Crippen molar-refractivity contribution in [3.05, 3.63) is 60.6 Å². The number of aliphatic hydroxyl groups excluding tert-OH is 1. The summed E-state index contributed by atoms with van der Waals surface area (Å²) in [6.07, 6.45) is 26.0. The minimum atomic E-state index is 0.231. The molecule has 0 aromatic carbocycles. The smallest absolute Gasteiger partial charge is 0.251 e. The van der Waals surface area contributed by atoms with E-state index in [2.05, 4.69) is 41.5 Å². The molecule has 0 aromatic rings. The number of thioether (sulfide) groups is 1. The third-order valence-corrected chi connectivity index (χ3v) is 5.57. The molecule has 2 rings (SSSR count). The number of hydrogen-bond donors (Lipinski definition) is 1. The molecule has 1 saturated heterocycles. The van der Waals surface area contributed by atoms with E-state index in [0.29, 0.717) is 18.4 Å². The predicted molar refractivity (Wildman–Crippen MR) is 133 cm³/mol. The van der Waals surface area contributed by atoms with Crippen molar-refractivity contribution < 1.29 is 14.6 Å². The molecule has 5 nitrogen and oxygen atoms in total. The van der Waals surface area contributed by atoms with Crippen LogP contribution in [0, 0.1) is 12.8 Å². The van der Waals surface area contributed by atoms with Crippen LogP contribution in [0.4, 0.5) is 0 Å². The van der Waals surface area contributed by atoms with Gasteiger partial charge in [0.1, 0.15) is 18.1 Å². The number of hydrogen-bond acceptors (Lipinski definition) is 6. The van der Waals surface area contributed by atoms with Crippen LogP contribution in [0.3, 0.4) is 0 Å². The van der Waals surface area contributed by atoms with Crippen LogP contribution in [0.25, 0.3) is 0 Å². The highest BCUT2D eigenvalue weighted by Gasteiger charge is 2.21. The Morgan fingerprint density at radius 1 is 1.32 bits per heavy atom. The molecular weight excluding hydrogens is 408 g/mol. The van der Waals surface area contributed by atoms with Crippen LogP contribution in [0.1, 0.15) is 32.6 Å². The zero-order chi connectivity index (χ0) is 22.7. The molecule has 0 bridgehead atoms. The van der Waals surface area contributed by atoms with Gasteiger partial charge in [0.25, 0.3) is 5.23 Å². The van der Waals surface area contributed by atoms with E-state index in [1.165, 1.54) is 12.8 Å². The molecule has 31 heavy (non-hydrogen) atoms. The normalized spacial score (nSPS) is 19.6. The monoisotopic (exact) mass is 444 g/mol. The molecule has 6 heteroatoms. The highest BCUT2D eigenvalue weighted by Crippen LogP contribution is 2.18. The van der Waals surface area contributed by atoms with E-state index in [4.69, 9.17) is 9.47 Å². The maximum atomic E-state index is 9.52. The van der Waals surface area contributed by atoms with Crippen molar-refractivity contribution in [2.45, 2.75) is 38.6 Å². The summed E-state index contributed by atoms with van der Waals surface area (Å²) < 4.78 is 11.9. The Morgan fingerprint density at radius 3 is 2.84 bits per heavy atom. The molecular formula is C25H36N2O3S. The van der Waals surface area contributed by atoms with Crippen LogP contribution in [-0.2, 0) is 9.47 Å². The van der Waals surface area contributed by atoms with Crippen molar-refractivity contribution in [3.8, 4) is 12.8 Å². The Hall–Kier alpha value is -2.20. The number of likely N-dealkylation sites (tertiary alicyclic amines) is 1. The average Bonchev–Trinajstić information content (AvgIpc) is 3.04. The number of piperidine rings is 1. The van der Waals surface area contributed by atoms with Gasteiger partial charge in [0, 0.05) is 18.3 Å². The zero-order valence-electron chi connectivity index (χ0n) is 18.6. The molecule has 1 N–H and O–H groups in total. The summed E-state index contributed by atoms with van der Waals surface area (Å²) in [5, 5.41) is 10.2. The molecule has 1 aliphatic carbocycles. The topological polar surface area (TPSA) is 54.3 Å². The van der Waals surface area contributed by atoms with E-state index in [9.17, 15) is 5.11 Å². The highest BCUT2D eigenvalue weighted by atomic mass is 32.2. The minimum absolute atomic E-state index is 0.231. The third kappa shape index (κ3) is 11.1. The quantitative estimate of drug-likeness (QED) is 0.229. The maximum Gasteiger partial charge on any atom is 0.251 e. The lowest BCUT2D eigenvalue weighted by atomic mass is 10.0. The minimum Gasteiger partial charge on any atom is -0.493 e. The molecule has 1 atom stereocenters. The first-order chi connectivity index (χ1) is 15.3. The van der Waals surface area contributed by atoms with Gasteiger partial charge in [0.2, 0.25) is 0 Å². The Morgan fingerprint density at radius 2 is 2.10 bits per heavy atom. The average molecular weight is 445 g/mol. The molecule has 170 valence electrons. The second-order valence-electron chi connectivity index (χ2n) is 6.88. The van der Waals surface area contributed by atoms with Crippen molar-refractivity contribution in [3.63, 3.8) is 0 Å². The van der Waals surface area contributed by atoms with E-state index in [0.717, 1.165) is 43.2 Å². The largest absolute Gasteiger partial charge is 0.493 e. The maximum absolute atomic E-state index is 9.52. The van der Waals surface area contributed by atoms with Gasteiger partial charge in [-0.25, -0.2) is 4.99 Å². The molecule has 1 unspecified atom stereocenters. The summed E-state index contributed by atoms with van der Waals surface area (Å²) in [5.74, 6) is 2.44. The zero-order valence-corrected chi connectivity index (χ0v) is 19.4. The van der Waals surface area contributed by atoms with Crippen LogP contribution in [-0.4, -0.2) is 59.9 Å². The van der Waals surface area contributed by atoms with Crippen LogP contribution in [0.5, 0.6) is 0 Å². The van der Waals surface area contributed by atoms with Crippen molar-refractivity contribution >= 4 is 17.0 Å². The van der Waals surface area contributed by atoms with Crippen LogP contribution < -0.4 is 0 Å². The summed E-state index contributed by atoms with van der Waals surface area (Å²) in [6.45, 7) is 8.99.